The van der Waals surface area contributed by atoms with Crippen molar-refractivity contribution >= 4 is 23.7 Å². The Labute approximate surface area is 170 Å². The number of amides is 2. The molecule has 1 aromatic carbocycles. The van der Waals surface area contributed by atoms with Gasteiger partial charge in [0.25, 0.3) is 0 Å². The standard InChI is InChI=1S/C21H27N5OS/c1-25-16(13-26-9-4-10-26)12-19(23-25)28-24-21(27)22-20-17-7-2-5-14(17)11-15-6-3-8-18(15)20/h11-12H,2-10,13H2,1H3,(H2,22,24,27). The second-order valence-electron chi connectivity index (χ2n) is 8.12. The lowest BCUT2D eigenvalue weighted by Crippen LogP contribution is -2.36. The molecule has 0 unspecified atom stereocenters. The predicted octanol–water partition coefficient (Wildman–Crippen LogP) is 3.43. The highest BCUT2D eigenvalue weighted by atomic mass is 32.2. The van der Waals surface area contributed by atoms with Crippen LogP contribution in [-0.2, 0) is 39.3 Å². The third-order valence-corrected chi connectivity index (χ3v) is 6.94. The van der Waals surface area contributed by atoms with Crippen LogP contribution in [0.15, 0.2) is 17.2 Å². The summed E-state index contributed by atoms with van der Waals surface area (Å²) in [6, 6.07) is 4.30. The lowest BCUT2D eigenvalue weighted by Gasteiger charge is -2.30. The van der Waals surface area contributed by atoms with E-state index in [1.807, 2.05) is 11.7 Å². The Bertz CT molecular complexity index is 886. The summed E-state index contributed by atoms with van der Waals surface area (Å²) < 4.78 is 4.84. The van der Waals surface area contributed by atoms with Crippen LogP contribution in [0.4, 0.5) is 10.5 Å². The van der Waals surface area contributed by atoms with Crippen LogP contribution in [0.25, 0.3) is 0 Å². The molecular weight excluding hydrogens is 370 g/mol. The Morgan fingerprint density at radius 2 is 1.79 bits per heavy atom. The van der Waals surface area contributed by atoms with Gasteiger partial charge in [0.2, 0.25) is 0 Å². The zero-order valence-corrected chi connectivity index (χ0v) is 17.2. The number of anilines is 1. The number of nitrogens with zero attached hydrogens (tertiary/aromatic N) is 3. The minimum Gasteiger partial charge on any atom is -0.307 e. The number of hydrogen-bond acceptors (Lipinski definition) is 4. The molecular formula is C21H27N5OS. The molecule has 2 amide bonds. The summed E-state index contributed by atoms with van der Waals surface area (Å²) in [5.74, 6) is 0. The van der Waals surface area contributed by atoms with Gasteiger partial charge in [0.15, 0.2) is 0 Å². The van der Waals surface area contributed by atoms with Crippen molar-refractivity contribution in [1.82, 2.24) is 19.4 Å². The Morgan fingerprint density at radius 1 is 1.07 bits per heavy atom. The van der Waals surface area contributed by atoms with Gasteiger partial charge in [-0.05, 0) is 86.4 Å². The van der Waals surface area contributed by atoms with Crippen LogP contribution in [0.1, 0.15) is 47.2 Å². The Kier molecular flexibility index (Phi) is 4.80. The average molecular weight is 398 g/mol. The van der Waals surface area contributed by atoms with E-state index in [4.69, 9.17) is 0 Å². The number of aryl methyl sites for hydroxylation is 3. The predicted molar refractivity (Wildman–Crippen MR) is 112 cm³/mol. The normalized spacial score (nSPS) is 17.9. The van der Waals surface area contributed by atoms with Crippen molar-refractivity contribution in [3.63, 3.8) is 0 Å². The average Bonchev–Trinajstić information content (AvgIpc) is 3.36. The zero-order valence-electron chi connectivity index (χ0n) is 16.4. The second-order valence-corrected chi connectivity index (χ2v) is 8.95. The van der Waals surface area contributed by atoms with Crippen molar-refractivity contribution < 1.29 is 4.79 Å². The molecule has 2 aliphatic carbocycles. The van der Waals surface area contributed by atoms with E-state index >= 15 is 0 Å². The Balaban J connectivity index is 1.25. The molecule has 2 heterocycles. The van der Waals surface area contributed by atoms with Gasteiger partial charge in [-0.25, -0.2) is 4.79 Å². The highest BCUT2D eigenvalue weighted by Gasteiger charge is 2.25. The first kappa shape index (κ1) is 18.1. The third-order valence-electron chi connectivity index (χ3n) is 6.25. The fourth-order valence-corrected chi connectivity index (χ4v) is 5.26. The van der Waals surface area contributed by atoms with Crippen LogP contribution in [0.3, 0.4) is 0 Å². The molecule has 0 spiro atoms. The fraction of sp³-hybridized carbons (Fsp3) is 0.524. The summed E-state index contributed by atoms with van der Waals surface area (Å²) in [5.41, 5.74) is 7.85. The molecule has 1 saturated heterocycles. The monoisotopic (exact) mass is 397 g/mol. The van der Waals surface area contributed by atoms with E-state index in [0.29, 0.717) is 0 Å². The number of urea groups is 1. The van der Waals surface area contributed by atoms with Gasteiger partial charge >= 0.3 is 6.03 Å². The highest BCUT2D eigenvalue weighted by Crippen LogP contribution is 2.38. The number of aromatic nitrogens is 2. The first-order valence-corrected chi connectivity index (χ1v) is 11.1. The fourth-order valence-electron chi connectivity index (χ4n) is 4.65. The lowest BCUT2D eigenvalue weighted by molar-refractivity contribution is 0.168. The molecule has 1 fully saturated rings. The number of nitrogens with one attached hydrogen (secondary N) is 2. The summed E-state index contributed by atoms with van der Waals surface area (Å²) in [4.78, 5) is 15.0. The second kappa shape index (κ2) is 7.44. The molecule has 0 bridgehead atoms. The molecule has 148 valence electrons. The number of benzene rings is 1. The molecule has 1 aliphatic heterocycles. The van der Waals surface area contributed by atoms with E-state index in [9.17, 15) is 4.79 Å². The Hall–Kier alpha value is -1.99. The third kappa shape index (κ3) is 3.42. The van der Waals surface area contributed by atoms with Gasteiger partial charge in [-0.1, -0.05) is 6.07 Å². The summed E-state index contributed by atoms with van der Waals surface area (Å²) in [7, 11) is 1.97. The SMILES string of the molecule is Cn1nc(SNC(=O)Nc2c3c(cc4c2CCC4)CCC3)cc1CN1CCC1. The quantitative estimate of drug-likeness (QED) is 0.759. The number of fused-ring (bicyclic) bond motifs is 2. The number of carbonyl (C=O) groups is 1. The van der Waals surface area contributed by atoms with Crippen molar-refractivity contribution in [1.29, 1.82) is 0 Å². The van der Waals surface area contributed by atoms with E-state index in [1.54, 1.807) is 0 Å². The molecule has 2 aromatic rings. The molecule has 7 heteroatoms. The van der Waals surface area contributed by atoms with Crippen LogP contribution in [-0.4, -0.2) is 33.8 Å². The highest BCUT2D eigenvalue weighted by molar-refractivity contribution is 7.97. The Morgan fingerprint density at radius 3 is 2.43 bits per heavy atom. The van der Waals surface area contributed by atoms with E-state index in [2.05, 4.69) is 32.2 Å². The van der Waals surface area contributed by atoms with Gasteiger partial charge < -0.3 is 5.32 Å². The van der Waals surface area contributed by atoms with Crippen molar-refractivity contribution in [2.24, 2.45) is 7.05 Å². The molecule has 2 N–H and O–H groups in total. The first-order chi connectivity index (χ1) is 13.7. The number of likely N-dealkylation sites (tertiary alicyclic amines) is 1. The zero-order chi connectivity index (χ0) is 19.1. The molecule has 5 rings (SSSR count). The van der Waals surface area contributed by atoms with Gasteiger partial charge in [0.05, 0.1) is 5.69 Å². The van der Waals surface area contributed by atoms with Gasteiger partial charge in [-0.2, -0.15) is 5.10 Å². The maximum absolute atomic E-state index is 12.6. The van der Waals surface area contributed by atoms with Gasteiger partial charge in [-0.3, -0.25) is 14.3 Å². The molecule has 3 aliphatic rings. The molecule has 6 nitrogen and oxygen atoms in total. The van der Waals surface area contributed by atoms with Crippen molar-refractivity contribution in [3.8, 4) is 0 Å². The summed E-state index contributed by atoms with van der Waals surface area (Å²) >= 11 is 1.29. The topological polar surface area (TPSA) is 62.2 Å². The first-order valence-electron chi connectivity index (χ1n) is 10.3. The molecule has 0 radical (unpaired) electrons. The van der Waals surface area contributed by atoms with Crippen LogP contribution >= 0.6 is 11.9 Å². The number of rotatable bonds is 5. The minimum atomic E-state index is -0.158. The van der Waals surface area contributed by atoms with Gasteiger partial charge in [0.1, 0.15) is 5.03 Å². The minimum absolute atomic E-state index is 0.158. The summed E-state index contributed by atoms with van der Waals surface area (Å²) in [6.45, 7) is 3.26. The number of hydrogen-bond donors (Lipinski definition) is 2. The van der Waals surface area contributed by atoms with Crippen molar-refractivity contribution in [2.75, 3.05) is 18.4 Å². The maximum Gasteiger partial charge on any atom is 0.329 e. The van der Waals surface area contributed by atoms with E-state index < -0.39 is 0 Å². The number of carbonyl (C=O) groups excluding carboxylic acids is 1. The van der Waals surface area contributed by atoms with Crippen molar-refractivity contribution in [2.45, 2.75) is 56.5 Å². The molecule has 28 heavy (non-hydrogen) atoms. The van der Waals surface area contributed by atoms with Crippen LogP contribution in [0, 0.1) is 0 Å². The van der Waals surface area contributed by atoms with Crippen LogP contribution < -0.4 is 10.0 Å². The van der Waals surface area contributed by atoms with Gasteiger partial charge in [0, 0.05) is 31.2 Å². The van der Waals surface area contributed by atoms with Crippen LogP contribution in [0.2, 0.25) is 0 Å². The van der Waals surface area contributed by atoms with E-state index in [-0.39, 0.29) is 6.03 Å². The maximum atomic E-state index is 12.6. The molecule has 0 saturated carbocycles. The largest absolute Gasteiger partial charge is 0.329 e. The molecule has 0 atom stereocenters. The smallest absolute Gasteiger partial charge is 0.307 e. The lowest BCUT2D eigenvalue weighted by atomic mass is 9.99. The van der Waals surface area contributed by atoms with Crippen molar-refractivity contribution in [3.05, 3.63) is 40.1 Å². The van der Waals surface area contributed by atoms with Gasteiger partial charge in [-0.15, -0.1) is 0 Å². The van der Waals surface area contributed by atoms with E-state index in [0.717, 1.165) is 42.9 Å². The van der Waals surface area contributed by atoms with Crippen LogP contribution in [0.5, 0.6) is 0 Å². The molecule has 1 aromatic heterocycles. The van der Waals surface area contributed by atoms with E-state index in [1.165, 1.54) is 72.2 Å². The summed E-state index contributed by atoms with van der Waals surface area (Å²) in [5, 5.41) is 8.53. The summed E-state index contributed by atoms with van der Waals surface area (Å²) in [6.07, 6.45) is 8.10.